The van der Waals surface area contributed by atoms with Crippen LogP contribution in [-0.4, -0.2) is 11.3 Å². The molecule has 0 bridgehead atoms. The van der Waals surface area contributed by atoms with Crippen molar-refractivity contribution in [2.75, 3.05) is 0 Å². The second-order valence-corrected chi connectivity index (χ2v) is 3.01. The van der Waals surface area contributed by atoms with Crippen LogP contribution in [0.3, 0.4) is 0 Å². The van der Waals surface area contributed by atoms with E-state index in [1.807, 2.05) is 13.0 Å². The number of aldehydes is 1. The molecule has 3 heteroatoms. The Morgan fingerprint density at radius 3 is 2.86 bits per heavy atom. The summed E-state index contributed by atoms with van der Waals surface area (Å²) in [4.78, 5) is 14.4. The molecule has 0 saturated heterocycles. The van der Waals surface area contributed by atoms with E-state index in [-0.39, 0.29) is 0 Å². The number of nitrogens with zero attached hydrogens (tertiary/aromatic N) is 1. The Morgan fingerprint density at radius 2 is 2.21 bits per heavy atom. The van der Waals surface area contributed by atoms with Crippen LogP contribution in [0.4, 0.5) is 0 Å². The summed E-state index contributed by atoms with van der Waals surface area (Å²) in [6, 6.07) is 5.32. The summed E-state index contributed by atoms with van der Waals surface area (Å²) in [6.07, 6.45) is 4.14. The molecule has 14 heavy (non-hydrogen) atoms. The molecule has 0 aliphatic carbocycles. The quantitative estimate of drug-likeness (QED) is 0.678. The Kier molecular flexibility index (Phi) is 2.14. The molecule has 2 aromatic heterocycles. The molecule has 0 aliphatic heterocycles. The molecule has 3 nitrogen and oxygen atoms in total. The zero-order chi connectivity index (χ0) is 9.97. The van der Waals surface area contributed by atoms with Gasteiger partial charge in [-0.15, -0.1) is 0 Å². The van der Waals surface area contributed by atoms with Gasteiger partial charge in [-0.05, 0) is 30.7 Å². The molecule has 0 saturated carbocycles. The number of carbonyl (C=O) groups is 1. The van der Waals surface area contributed by atoms with Gasteiger partial charge in [0.1, 0.15) is 5.76 Å². The van der Waals surface area contributed by atoms with Gasteiger partial charge in [-0.3, -0.25) is 9.78 Å². The maximum Gasteiger partial charge on any atom is 0.185 e. The Labute approximate surface area is 81.4 Å². The number of furan rings is 1. The summed E-state index contributed by atoms with van der Waals surface area (Å²) in [5.74, 6) is 1.01. The van der Waals surface area contributed by atoms with Crippen LogP contribution in [-0.2, 0) is 0 Å². The molecule has 0 spiro atoms. The van der Waals surface area contributed by atoms with Crippen molar-refractivity contribution in [2.24, 2.45) is 0 Å². The van der Waals surface area contributed by atoms with Crippen LogP contribution in [0.15, 0.2) is 35.0 Å². The van der Waals surface area contributed by atoms with Gasteiger partial charge in [-0.2, -0.15) is 0 Å². The monoisotopic (exact) mass is 187 g/mol. The van der Waals surface area contributed by atoms with E-state index in [1.165, 1.54) is 0 Å². The van der Waals surface area contributed by atoms with Crippen LogP contribution in [0.25, 0.3) is 11.3 Å². The Balaban J connectivity index is 2.49. The normalized spacial score (nSPS) is 10.1. The van der Waals surface area contributed by atoms with Crippen LogP contribution >= 0.6 is 0 Å². The highest BCUT2D eigenvalue weighted by atomic mass is 16.3. The number of aryl methyl sites for hydroxylation is 1. The first-order valence-corrected chi connectivity index (χ1v) is 4.27. The first-order valence-electron chi connectivity index (χ1n) is 4.27. The van der Waals surface area contributed by atoms with Gasteiger partial charge in [-0.1, -0.05) is 0 Å². The maximum absolute atomic E-state index is 10.4. The van der Waals surface area contributed by atoms with Crippen LogP contribution in [0.1, 0.15) is 16.1 Å². The molecule has 70 valence electrons. The van der Waals surface area contributed by atoms with E-state index in [9.17, 15) is 4.79 Å². The van der Waals surface area contributed by atoms with Crippen molar-refractivity contribution in [2.45, 2.75) is 6.92 Å². The zero-order valence-electron chi connectivity index (χ0n) is 7.73. The number of aromatic nitrogens is 1. The number of carbonyl (C=O) groups excluding carboxylic acids is 1. The minimum atomic E-state index is 0.336. The molecular weight excluding hydrogens is 178 g/mol. The lowest BCUT2D eigenvalue weighted by Crippen LogP contribution is -1.81. The standard InChI is InChI=1S/C11H9NO2/c1-8-4-5-12-6-10(8)11-3-2-9(7-13)14-11/h2-7H,1H3. The molecule has 0 amide bonds. The Morgan fingerprint density at radius 1 is 1.36 bits per heavy atom. The Hall–Kier alpha value is -1.90. The second-order valence-electron chi connectivity index (χ2n) is 3.01. The number of hydrogen-bond acceptors (Lipinski definition) is 3. The van der Waals surface area contributed by atoms with Gasteiger partial charge in [0.2, 0.25) is 0 Å². The molecule has 0 atom stereocenters. The minimum Gasteiger partial charge on any atom is -0.453 e. The minimum absolute atomic E-state index is 0.336. The van der Waals surface area contributed by atoms with Crippen molar-refractivity contribution in [1.29, 1.82) is 0 Å². The Bertz CT molecular complexity index is 460. The smallest absolute Gasteiger partial charge is 0.185 e. The van der Waals surface area contributed by atoms with Gasteiger partial charge in [0.25, 0.3) is 0 Å². The fourth-order valence-corrected chi connectivity index (χ4v) is 1.28. The highest BCUT2D eigenvalue weighted by molar-refractivity contribution is 5.73. The summed E-state index contributed by atoms with van der Waals surface area (Å²) in [5, 5.41) is 0. The molecule has 2 heterocycles. The highest BCUT2D eigenvalue weighted by Gasteiger charge is 2.06. The van der Waals surface area contributed by atoms with Gasteiger partial charge >= 0.3 is 0 Å². The third-order valence-corrected chi connectivity index (χ3v) is 2.05. The van der Waals surface area contributed by atoms with E-state index < -0.39 is 0 Å². The third-order valence-electron chi connectivity index (χ3n) is 2.05. The van der Waals surface area contributed by atoms with E-state index in [0.29, 0.717) is 17.8 Å². The first-order chi connectivity index (χ1) is 6.81. The van der Waals surface area contributed by atoms with E-state index in [1.54, 1.807) is 24.5 Å². The first kappa shape index (κ1) is 8.69. The van der Waals surface area contributed by atoms with Crippen molar-refractivity contribution in [1.82, 2.24) is 4.98 Å². The summed E-state index contributed by atoms with van der Waals surface area (Å²) < 4.78 is 5.29. The fraction of sp³-hybridized carbons (Fsp3) is 0.0909. The predicted molar refractivity (Wildman–Crippen MR) is 52.1 cm³/mol. The lowest BCUT2D eigenvalue weighted by atomic mass is 10.1. The SMILES string of the molecule is Cc1ccncc1-c1ccc(C=O)o1. The van der Waals surface area contributed by atoms with Gasteiger partial charge in [0, 0.05) is 18.0 Å². The topological polar surface area (TPSA) is 43.1 Å². The van der Waals surface area contributed by atoms with Crippen LogP contribution in [0.2, 0.25) is 0 Å². The summed E-state index contributed by atoms with van der Waals surface area (Å²) in [7, 11) is 0. The summed E-state index contributed by atoms with van der Waals surface area (Å²) in [6.45, 7) is 1.97. The lowest BCUT2D eigenvalue weighted by molar-refractivity contribution is 0.110. The molecule has 0 fully saturated rings. The largest absolute Gasteiger partial charge is 0.453 e. The number of pyridine rings is 1. The summed E-state index contributed by atoms with van der Waals surface area (Å²) >= 11 is 0. The van der Waals surface area contributed by atoms with Gasteiger partial charge in [-0.25, -0.2) is 0 Å². The molecular formula is C11H9NO2. The van der Waals surface area contributed by atoms with Crippen LogP contribution < -0.4 is 0 Å². The van der Waals surface area contributed by atoms with Crippen molar-refractivity contribution in [3.63, 3.8) is 0 Å². The number of rotatable bonds is 2. The van der Waals surface area contributed by atoms with Crippen molar-refractivity contribution >= 4 is 6.29 Å². The van der Waals surface area contributed by atoms with Crippen molar-refractivity contribution < 1.29 is 9.21 Å². The van der Waals surface area contributed by atoms with E-state index in [2.05, 4.69) is 4.98 Å². The van der Waals surface area contributed by atoms with Gasteiger partial charge in [0.05, 0.1) is 0 Å². The lowest BCUT2D eigenvalue weighted by Gasteiger charge is -1.99. The zero-order valence-corrected chi connectivity index (χ0v) is 7.73. The van der Waals surface area contributed by atoms with Gasteiger partial charge in [0.15, 0.2) is 12.0 Å². The molecule has 2 rings (SSSR count). The predicted octanol–water partition coefficient (Wildman–Crippen LogP) is 2.46. The molecule has 0 aliphatic rings. The summed E-state index contributed by atoms with van der Waals surface area (Å²) in [5.41, 5.74) is 1.99. The van der Waals surface area contributed by atoms with Crippen molar-refractivity contribution in [3.05, 3.63) is 41.9 Å². The molecule has 2 aromatic rings. The average molecular weight is 187 g/mol. The van der Waals surface area contributed by atoms with Gasteiger partial charge < -0.3 is 4.42 Å². The molecule has 0 aromatic carbocycles. The van der Waals surface area contributed by atoms with E-state index in [0.717, 1.165) is 11.1 Å². The van der Waals surface area contributed by atoms with Crippen LogP contribution in [0.5, 0.6) is 0 Å². The van der Waals surface area contributed by atoms with Crippen molar-refractivity contribution in [3.8, 4) is 11.3 Å². The van der Waals surface area contributed by atoms with E-state index in [4.69, 9.17) is 4.42 Å². The molecule has 0 radical (unpaired) electrons. The third kappa shape index (κ3) is 1.44. The molecule has 0 N–H and O–H groups in total. The molecule has 0 unspecified atom stereocenters. The number of hydrogen-bond donors (Lipinski definition) is 0. The highest BCUT2D eigenvalue weighted by Crippen LogP contribution is 2.23. The average Bonchev–Trinajstić information content (AvgIpc) is 2.67. The van der Waals surface area contributed by atoms with Crippen LogP contribution in [0, 0.1) is 6.92 Å². The van der Waals surface area contributed by atoms with E-state index >= 15 is 0 Å². The fourth-order valence-electron chi connectivity index (χ4n) is 1.28. The second kappa shape index (κ2) is 3.46. The maximum atomic E-state index is 10.4.